The van der Waals surface area contributed by atoms with Crippen molar-refractivity contribution in [2.24, 2.45) is 5.92 Å². The molecule has 0 aliphatic carbocycles. The highest BCUT2D eigenvalue weighted by Gasteiger charge is 1.97. The van der Waals surface area contributed by atoms with Crippen LogP contribution in [0.2, 0.25) is 0 Å². The van der Waals surface area contributed by atoms with E-state index in [1.165, 1.54) is 6.42 Å². The molecule has 0 fully saturated rings. The van der Waals surface area contributed by atoms with Crippen LogP contribution in [0.5, 0.6) is 0 Å². The maximum Gasteiger partial charge on any atom is 0.107 e. The summed E-state index contributed by atoms with van der Waals surface area (Å²) in [4.78, 5) is 0. The summed E-state index contributed by atoms with van der Waals surface area (Å²) in [5.74, 6) is 3.13. The number of terminal acetylenes is 1. The van der Waals surface area contributed by atoms with Crippen LogP contribution in [0.25, 0.3) is 0 Å². The molecule has 0 aromatic rings. The quantitative estimate of drug-likeness (QED) is 0.0742. The molecule has 0 atom stereocenters. The molecule has 0 aromatic carbocycles. The molecular formula is C31H60O12. The summed E-state index contributed by atoms with van der Waals surface area (Å²) >= 11 is 0. The second-order valence-corrected chi connectivity index (χ2v) is 9.53. The summed E-state index contributed by atoms with van der Waals surface area (Å²) < 4.78 is 65.1. The lowest BCUT2D eigenvalue weighted by molar-refractivity contribution is -0.0281. The molecular weight excluding hydrogens is 564 g/mol. The second-order valence-electron chi connectivity index (χ2n) is 9.53. The van der Waals surface area contributed by atoms with Crippen molar-refractivity contribution in [1.82, 2.24) is 0 Å². The molecule has 0 unspecified atom stereocenters. The number of rotatable bonds is 38. The average Bonchev–Trinajstić information content (AvgIpc) is 3.00. The lowest BCUT2D eigenvalue weighted by Gasteiger charge is -2.09. The van der Waals surface area contributed by atoms with Gasteiger partial charge in [-0.25, -0.2) is 0 Å². The van der Waals surface area contributed by atoms with Crippen molar-refractivity contribution in [2.75, 3.05) is 159 Å². The summed E-state index contributed by atoms with van der Waals surface area (Å²) in [6.07, 6.45) is 7.39. The molecule has 0 aliphatic heterocycles. The van der Waals surface area contributed by atoms with E-state index in [9.17, 15) is 0 Å². The third kappa shape index (κ3) is 41.1. The van der Waals surface area contributed by atoms with Crippen LogP contribution in [0.3, 0.4) is 0 Å². The van der Waals surface area contributed by atoms with Crippen molar-refractivity contribution in [3.8, 4) is 12.3 Å². The fourth-order valence-electron chi connectivity index (χ4n) is 3.14. The predicted octanol–water partition coefficient (Wildman–Crippen LogP) is 2.26. The van der Waals surface area contributed by atoms with Gasteiger partial charge in [0.25, 0.3) is 0 Å². The van der Waals surface area contributed by atoms with Gasteiger partial charge in [0, 0.05) is 6.61 Å². The first-order chi connectivity index (χ1) is 21.3. The van der Waals surface area contributed by atoms with Crippen LogP contribution < -0.4 is 0 Å². The van der Waals surface area contributed by atoms with E-state index in [4.69, 9.17) is 63.3 Å². The van der Waals surface area contributed by atoms with E-state index in [-0.39, 0.29) is 0 Å². The third-order valence-electron chi connectivity index (χ3n) is 5.35. The van der Waals surface area contributed by atoms with E-state index >= 15 is 0 Å². The summed E-state index contributed by atoms with van der Waals surface area (Å²) in [5, 5.41) is 0. The third-order valence-corrected chi connectivity index (χ3v) is 5.35. The maximum absolute atomic E-state index is 5.53. The Morgan fingerprint density at radius 3 is 0.767 bits per heavy atom. The largest absolute Gasteiger partial charge is 0.379 e. The van der Waals surface area contributed by atoms with Crippen molar-refractivity contribution < 1.29 is 56.8 Å². The zero-order valence-electron chi connectivity index (χ0n) is 26.9. The Labute approximate surface area is 260 Å². The van der Waals surface area contributed by atoms with Crippen LogP contribution in [-0.4, -0.2) is 159 Å². The molecule has 0 spiro atoms. The van der Waals surface area contributed by atoms with Crippen molar-refractivity contribution >= 4 is 0 Å². The van der Waals surface area contributed by atoms with Gasteiger partial charge in [-0.05, 0) is 18.8 Å². The van der Waals surface area contributed by atoms with Gasteiger partial charge in [-0.2, -0.15) is 0 Å². The summed E-state index contributed by atoms with van der Waals surface area (Å²) in [7, 11) is 0. The SMILES string of the molecule is C#CCOCCOCCOCCOCCOCCOCCOCCOCCOCCOCCOCCOCCCC(C)C. The highest BCUT2D eigenvalue weighted by molar-refractivity contribution is 4.82. The Kier molecular flexibility index (Phi) is 38.3. The Bertz CT molecular complexity index is 547. The highest BCUT2D eigenvalue weighted by Crippen LogP contribution is 2.02. The molecule has 0 aliphatic rings. The zero-order valence-corrected chi connectivity index (χ0v) is 26.9. The van der Waals surface area contributed by atoms with Gasteiger partial charge in [0.15, 0.2) is 0 Å². The normalized spacial score (nSPS) is 11.5. The molecule has 0 N–H and O–H groups in total. The van der Waals surface area contributed by atoms with E-state index in [1.54, 1.807) is 0 Å². The Morgan fingerprint density at radius 2 is 0.558 bits per heavy atom. The van der Waals surface area contributed by atoms with Crippen molar-refractivity contribution in [3.05, 3.63) is 0 Å². The van der Waals surface area contributed by atoms with Crippen LogP contribution in [0.4, 0.5) is 0 Å². The smallest absolute Gasteiger partial charge is 0.107 e. The molecule has 0 rings (SSSR count). The van der Waals surface area contributed by atoms with Crippen LogP contribution in [0, 0.1) is 18.3 Å². The van der Waals surface area contributed by atoms with Crippen molar-refractivity contribution in [2.45, 2.75) is 26.7 Å². The Morgan fingerprint density at radius 1 is 0.349 bits per heavy atom. The maximum atomic E-state index is 5.53. The van der Waals surface area contributed by atoms with Crippen molar-refractivity contribution in [3.63, 3.8) is 0 Å². The first-order valence-corrected chi connectivity index (χ1v) is 15.6. The zero-order chi connectivity index (χ0) is 31.2. The summed E-state index contributed by atoms with van der Waals surface area (Å²) in [6.45, 7) is 17.2. The summed E-state index contributed by atoms with van der Waals surface area (Å²) in [5.41, 5.74) is 0. The number of ether oxygens (including phenoxy) is 12. The van der Waals surface area contributed by atoms with Gasteiger partial charge in [-0.15, -0.1) is 6.42 Å². The van der Waals surface area contributed by atoms with E-state index in [1.807, 2.05) is 0 Å². The molecule has 12 nitrogen and oxygen atoms in total. The fraction of sp³-hybridized carbons (Fsp3) is 0.935. The van der Waals surface area contributed by atoms with Gasteiger partial charge < -0.3 is 56.8 Å². The molecule has 0 aromatic heterocycles. The van der Waals surface area contributed by atoms with Gasteiger partial charge >= 0.3 is 0 Å². The first-order valence-electron chi connectivity index (χ1n) is 15.6. The van der Waals surface area contributed by atoms with E-state index in [0.29, 0.717) is 152 Å². The van der Waals surface area contributed by atoms with Gasteiger partial charge in [0.2, 0.25) is 0 Å². The van der Waals surface area contributed by atoms with Crippen molar-refractivity contribution in [1.29, 1.82) is 0 Å². The van der Waals surface area contributed by atoms with Crippen LogP contribution in [0.15, 0.2) is 0 Å². The molecule has 0 saturated heterocycles. The number of hydrogen-bond acceptors (Lipinski definition) is 12. The van der Waals surface area contributed by atoms with Crippen LogP contribution >= 0.6 is 0 Å². The Balaban J connectivity index is 3.04. The first kappa shape index (κ1) is 42.1. The van der Waals surface area contributed by atoms with Crippen LogP contribution in [-0.2, 0) is 56.8 Å². The minimum absolute atomic E-state index is 0.309. The summed E-state index contributed by atoms with van der Waals surface area (Å²) in [6, 6.07) is 0. The standard InChI is InChI=1S/C31H60O12/c1-4-7-32-9-11-34-13-15-36-17-19-38-21-23-40-25-27-42-29-30-43-28-26-41-24-22-39-20-18-37-16-14-35-12-10-33-8-5-6-31(2)3/h1,31H,5-30H2,2-3H3. The molecule has 0 bridgehead atoms. The second kappa shape index (κ2) is 39.1. The molecule has 0 saturated carbocycles. The molecule has 0 radical (unpaired) electrons. The monoisotopic (exact) mass is 624 g/mol. The molecule has 43 heavy (non-hydrogen) atoms. The lowest BCUT2D eigenvalue weighted by Crippen LogP contribution is -2.15. The minimum Gasteiger partial charge on any atom is -0.379 e. The molecule has 0 amide bonds. The van der Waals surface area contributed by atoms with Gasteiger partial charge in [-0.3, -0.25) is 0 Å². The molecule has 256 valence electrons. The van der Waals surface area contributed by atoms with Crippen LogP contribution in [0.1, 0.15) is 26.7 Å². The van der Waals surface area contributed by atoms with E-state index in [2.05, 4.69) is 19.8 Å². The Hall–Kier alpha value is -0.920. The van der Waals surface area contributed by atoms with E-state index < -0.39 is 0 Å². The highest BCUT2D eigenvalue weighted by atomic mass is 16.6. The lowest BCUT2D eigenvalue weighted by atomic mass is 10.1. The predicted molar refractivity (Wildman–Crippen MR) is 163 cm³/mol. The minimum atomic E-state index is 0.309. The van der Waals surface area contributed by atoms with E-state index in [0.717, 1.165) is 18.9 Å². The van der Waals surface area contributed by atoms with Gasteiger partial charge in [-0.1, -0.05) is 19.8 Å². The average molecular weight is 625 g/mol. The van der Waals surface area contributed by atoms with Gasteiger partial charge in [0.05, 0.1) is 145 Å². The number of hydrogen-bond donors (Lipinski definition) is 0. The fourth-order valence-corrected chi connectivity index (χ4v) is 3.14. The molecule has 0 heterocycles. The topological polar surface area (TPSA) is 111 Å². The molecule has 12 heteroatoms. The van der Waals surface area contributed by atoms with Gasteiger partial charge in [0.1, 0.15) is 6.61 Å².